The van der Waals surface area contributed by atoms with Crippen molar-refractivity contribution in [3.8, 4) is 10.6 Å². The number of anilines is 2. The number of benzene rings is 1. The molecule has 0 radical (unpaired) electrons. The Hall–Kier alpha value is -3.33. The lowest BCUT2D eigenvalue weighted by atomic mass is 10.00. The molecule has 33 heavy (non-hydrogen) atoms. The van der Waals surface area contributed by atoms with Crippen LogP contribution in [0.3, 0.4) is 0 Å². The lowest BCUT2D eigenvalue weighted by molar-refractivity contribution is -0.130. The van der Waals surface area contributed by atoms with Crippen molar-refractivity contribution in [2.45, 2.75) is 33.6 Å². The molecule has 2 amide bonds. The summed E-state index contributed by atoms with van der Waals surface area (Å²) >= 11 is 1.41. The number of carbonyl (C=O) groups excluding carboxylic acids is 2. The number of carbonyl (C=O) groups is 2. The van der Waals surface area contributed by atoms with Crippen molar-refractivity contribution in [1.82, 2.24) is 24.8 Å². The molecule has 2 aliphatic rings. The van der Waals surface area contributed by atoms with Gasteiger partial charge in [-0.15, -0.1) is 11.3 Å². The lowest BCUT2D eigenvalue weighted by Gasteiger charge is -2.33. The highest BCUT2D eigenvalue weighted by molar-refractivity contribution is 7.17. The Morgan fingerprint density at radius 2 is 1.67 bits per heavy atom. The average molecular weight is 463 g/mol. The second-order valence-electron chi connectivity index (χ2n) is 8.66. The molecule has 0 atom stereocenters. The fourth-order valence-corrected chi connectivity index (χ4v) is 5.54. The van der Waals surface area contributed by atoms with Gasteiger partial charge in [-0.1, -0.05) is 6.07 Å². The highest BCUT2D eigenvalue weighted by Crippen LogP contribution is 2.37. The molecule has 1 aliphatic carbocycles. The van der Waals surface area contributed by atoms with Gasteiger partial charge in [-0.25, -0.2) is 15.0 Å². The number of rotatable bonds is 3. The Morgan fingerprint density at radius 1 is 0.970 bits per heavy atom. The largest absolute Gasteiger partial charge is 0.339 e. The van der Waals surface area contributed by atoms with Crippen molar-refractivity contribution in [3.05, 3.63) is 51.8 Å². The molecule has 3 aromatic rings. The van der Waals surface area contributed by atoms with E-state index in [2.05, 4.69) is 47.3 Å². The van der Waals surface area contributed by atoms with Crippen LogP contribution in [-0.2, 0) is 17.6 Å². The summed E-state index contributed by atoms with van der Waals surface area (Å²) in [6.45, 7) is 7.89. The minimum Gasteiger partial charge on any atom is -0.339 e. The van der Waals surface area contributed by atoms with E-state index in [4.69, 9.17) is 4.98 Å². The molecule has 0 bridgehead atoms. The maximum atomic E-state index is 13.1. The van der Waals surface area contributed by atoms with Crippen LogP contribution in [0.2, 0.25) is 0 Å². The Kier molecular flexibility index (Phi) is 5.57. The molecule has 5 rings (SSSR count). The predicted octanol–water partition coefficient (Wildman–Crippen LogP) is 3.36. The highest BCUT2D eigenvalue weighted by atomic mass is 32.1. The number of hydrogen-bond acceptors (Lipinski definition) is 7. The van der Waals surface area contributed by atoms with Gasteiger partial charge in [-0.05, 0) is 55.5 Å². The van der Waals surface area contributed by atoms with E-state index in [1.807, 2.05) is 6.20 Å². The van der Waals surface area contributed by atoms with Crippen LogP contribution < -0.4 is 5.32 Å². The molecule has 8 nitrogen and oxygen atoms in total. The molecule has 0 saturated carbocycles. The van der Waals surface area contributed by atoms with Crippen LogP contribution in [0.4, 0.5) is 11.6 Å². The average Bonchev–Trinajstić information content (AvgIpc) is 3.23. The number of nitrogens with one attached hydrogen (secondary N) is 1. The van der Waals surface area contributed by atoms with E-state index in [-0.39, 0.29) is 11.8 Å². The van der Waals surface area contributed by atoms with Crippen molar-refractivity contribution in [2.24, 2.45) is 0 Å². The summed E-state index contributed by atoms with van der Waals surface area (Å²) in [5.74, 6) is 0.517. The predicted molar refractivity (Wildman–Crippen MR) is 128 cm³/mol. The molecule has 9 heteroatoms. The van der Waals surface area contributed by atoms with Crippen LogP contribution in [0.1, 0.15) is 39.1 Å². The number of fused-ring (bicyclic) bond motifs is 3. The van der Waals surface area contributed by atoms with Gasteiger partial charge >= 0.3 is 0 Å². The molecule has 3 heterocycles. The van der Waals surface area contributed by atoms with Crippen LogP contribution in [-0.4, -0.2) is 62.7 Å². The number of nitrogens with zero attached hydrogens (tertiary/aromatic N) is 5. The summed E-state index contributed by atoms with van der Waals surface area (Å²) < 4.78 is 0. The maximum absolute atomic E-state index is 13.1. The monoisotopic (exact) mass is 462 g/mol. The van der Waals surface area contributed by atoms with Crippen LogP contribution in [0.15, 0.2) is 24.4 Å². The van der Waals surface area contributed by atoms with E-state index in [0.29, 0.717) is 37.1 Å². The van der Waals surface area contributed by atoms with Crippen molar-refractivity contribution in [2.75, 3.05) is 31.5 Å². The van der Waals surface area contributed by atoms with Crippen molar-refractivity contribution in [3.63, 3.8) is 0 Å². The summed E-state index contributed by atoms with van der Waals surface area (Å²) in [5.41, 5.74) is 6.16. The van der Waals surface area contributed by atoms with Crippen molar-refractivity contribution in [1.29, 1.82) is 0 Å². The minimum absolute atomic E-state index is 0.0494. The first-order valence-electron chi connectivity index (χ1n) is 11.1. The molecule has 170 valence electrons. The number of hydrogen-bond donors (Lipinski definition) is 1. The van der Waals surface area contributed by atoms with Gasteiger partial charge in [0.2, 0.25) is 11.9 Å². The molecular weight excluding hydrogens is 436 g/mol. The fourth-order valence-electron chi connectivity index (χ4n) is 4.43. The van der Waals surface area contributed by atoms with E-state index in [1.54, 1.807) is 16.7 Å². The number of aromatic nitrogens is 3. The van der Waals surface area contributed by atoms with Gasteiger partial charge in [-0.2, -0.15) is 0 Å². The summed E-state index contributed by atoms with van der Waals surface area (Å²) in [5, 5.41) is 3.81. The third kappa shape index (κ3) is 4.32. The zero-order valence-electron chi connectivity index (χ0n) is 19.0. The number of aryl methyl sites for hydroxylation is 4. The Morgan fingerprint density at radius 3 is 2.36 bits per heavy atom. The molecule has 1 saturated heterocycles. The molecule has 1 aromatic carbocycles. The Labute approximate surface area is 196 Å². The second kappa shape index (κ2) is 8.55. The van der Waals surface area contributed by atoms with E-state index in [0.717, 1.165) is 40.4 Å². The molecule has 1 fully saturated rings. The van der Waals surface area contributed by atoms with Crippen molar-refractivity contribution < 1.29 is 9.59 Å². The second-order valence-corrected chi connectivity index (χ2v) is 9.66. The molecular formula is C24H26N6O2S. The van der Waals surface area contributed by atoms with Gasteiger partial charge in [0.15, 0.2) is 5.01 Å². The topological polar surface area (TPSA) is 91.3 Å². The zero-order chi connectivity index (χ0) is 23.1. The SMILES string of the molecule is CC(=O)N1CCN(C(=O)c2nc3c(s2)-c2nc(Nc4cc(C)cc(C)c4)ncc2CC3)CC1. The summed E-state index contributed by atoms with van der Waals surface area (Å²) in [4.78, 5) is 43.2. The summed E-state index contributed by atoms with van der Waals surface area (Å²) in [6, 6.07) is 6.26. The first kappa shape index (κ1) is 21.5. The van der Waals surface area contributed by atoms with Crippen LogP contribution in [0.5, 0.6) is 0 Å². The zero-order valence-corrected chi connectivity index (χ0v) is 19.8. The van der Waals surface area contributed by atoms with Crippen LogP contribution in [0.25, 0.3) is 10.6 Å². The standard InChI is InChI=1S/C24H26N6O2S/c1-14-10-15(2)12-18(11-14)26-24-25-13-17-4-5-19-21(20(17)28-24)33-22(27-19)23(32)30-8-6-29(7-9-30)16(3)31/h10-13H,4-9H2,1-3H3,(H,25,26,28). The molecule has 1 aliphatic heterocycles. The Balaban J connectivity index is 1.38. The molecule has 0 unspecified atom stereocenters. The third-order valence-corrected chi connectivity index (χ3v) is 7.17. The third-order valence-electron chi connectivity index (χ3n) is 6.08. The normalized spacial score (nSPS) is 15.1. The van der Waals surface area contributed by atoms with Gasteiger partial charge in [0.25, 0.3) is 5.91 Å². The van der Waals surface area contributed by atoms with Gasteiger partial charge in [-0.3, -0.25) is 9.59 Å². The number of thiazole rings is 1. The highest BCUT2D eigenvalue weighted by Gasteiger charge is 2.29. The quantitative estimate of drug-likeness (QED) is 0.642. The van der Waals surface area contributed by atoms with Gasteiger partial charge in [0.1, 0.15) is 0 Å². The summed E-state index contributed by atoms with van der Waals surface area (Å²) in [7, 11) is 0. The number of amides is 2. The van der Waals surface area contributed by atoms with E-state index >= 15 is 0 Å². The smallest absolute Gasteiger partial charge is 0.282 e. The van der Waals surface area contributed by atoms with Crippen LogP contribution in [0, 0.1) is 13.8 Å². The summed E-state index contributed by atoms with van der Waals surface area (Å²) in [6.07, 6.45) is 3.46. The maximum Gasteiger partial charge on any atom is 0.282 e. The minimum atomic E-state index is -0.0678. The Bertz CT molecular complexity index is 1230. The van der Waals surface area contributed by atoms with E-state index in [9.17, 15) is 9.59 Å². The van der Waals surface area contributed by atoms with Crippen molar-refractivity contribution >= 4 is 34.8 Å². The fraction of sp³-hybridized carbons (Fsp3) is 0.375. The van der Waals surface area contributed by atoms with E-state index in [1.165, 1.54) is 22.5 Å². The number of piperazine rings is 1. The first-order chi connectivity index (χ1) is 15.9. The van der Waals surface area contributed by atoms with Gasteiger partial charge in [0.05, 0.1) is 16.3 Å². The van der Waals surface area contributed by atoms with Crippen LogP contribution >= 0.6 is 11.3 Å². The first-order valence-corrected chi connectivity index (χ1v) is 11.9. The molecule has 1 N–H and O–H groups in total. The van der Waals surface area contributed by atoms with Gasteiger partial charge in [0, 0.05) is 45.0 Å². The van der Waals surface area contributed by atoms with E-state index < -0.39 is 0 Å². The molecule has 0 spiro atoms. The molecule has 2 aromatic heterocycles. The lowest BCUT2D eigenvalue weighted by Crippen LogP contribution is -2.50. The van der Waals surface area contributed by atoms with Gasteiger partial charge < -0.3 is 15.1 Å².